The lowest BCUT2D eigenvalue weighted by atomic mass is 10.2. The Balaban J connectivity index is 2.10. The maximum absolute atomic E-state index is 12.3. The fourth-order valence-corrected chi connectivity index (χ4v) is 3.81. The van der Waals surface area contributed by atoms with Crippen molar-refractivity contribution < 1.29 is 22.7 Å². The zero-order chi connectivity index (χ0) is 23.0. The lowest BCUT2D eigenvalue weighted by Crippen LogP contribution is -2.39. The number of amides is 1. The van der Waals surface area contributed by atoms with E-state index in [4.69, 9.17) is 32.7 Å². The predicted octanol–water partition coefficient (Wildman–Crippen LogP) is 3.48. The number of nitrogens with zero attached hydrogens (tertiary/aromatic N) is 2. The van der Waals surface area contributed by atoms with Gasteiger partial charge in [-0.1, -0.05) is 35.9 Å². The van der Waals surface area contributed by atoms with Crippen LogP contribution in [0.25, 0.3) is 0 Å². The zero-order valence-corrected chi connectivity index (χ0v) is 19.2. The number of carbonyl (C=O) groups excluding carboxylic acids is 1. The molecule has 2 aromatic carbocycles. The number of nitrogens with one attached hydrogen (secondary N) is 1. The third-order valence-electron chi connectivity index (χ3n) is 3.77. The lowest BCUT2D eigenvalue weighted by Gasteiger charge is -2.21. The molecule has 0 aliphatic carbocycles. The minimum absolute atomic E-state index is 0.166. The Morgan fingerprint density at radius 1 is 1.19 bits per heavy atom. The number of hydrazone groups is 1. The van der Waals surface area contributed by atoms with E-state index in [9.17, 15) is 13.2 Å². The van der Waals surface area contributed by atoms with Crippen molar-refractivity contribution in [3.63, 3.8) is 0 Å². The Labute approximate surface area is 191 Å². The third-order valence-corrected chi connectivity index (χ3v) is 5.35. The number of hydrogen-bond donors (Lipinski definition) is 1. The van der Waals surface area contributed by atoms with Crippen molar-refractivity contribution >= 4 is 51.0 Å². The van der Waals surface area contributed by atoms with Gasteiger partial charge in [0.2, 0.25) is 10.0 Å². The molecule has 0 spiro atoms. The second kappa shape index (κ2) is 11.0. The highest BCUT2D eigenvalue weighted by atomic mass is 35.5. The lowest BCUT2D eigenvalue weighted by molar-refractivity contribution is -0.119. The fraction of sp³-hybridized carbons (Fsp3) is 0.200. The van der Waals surface area contributed by atoms with E-state index in [0.29, 0.717) is 23.7 Å². The highest BCUT2D eigenvalue weighted by Gasteiger charge is 2.21. The van der Waals surface area contributed by atoms with Crippen molar-refractivity contribution in [3.05, 3.63) is 64.7 Å². The minimum Gasteiger partial charge on any atom is -0.493 e. The molecule has 8 nitrogen and oxygen atoms in total. The summed E-state index contributed by atoms with van der Waals surface area (Å²) in [4.78, 5) is 12.3. The van der Waals surface area contributed by atoms with E-state index < -0.39 is 22.5 Å². The monoisotopic (exact) mass is 485 g/mol. The molecule has 11 heteroatoms. The Morgan fingerprint density at radius 3 is 2.45 bits per heavy atom. The molecule has 0 saturated heterocycles. The summed E-state index contributed by atoms with van der Waals surface area (Å²) >= 11 is 11.9. The number of carbonyl (C=O) groups is 1. The highest BCUT2D eigenvalue weighted by molar-refractivity contribution is 7.92. The van der Waals surface area contributed by atoms with Crippen LogP contribution in [-0.2, 0) is 14.8 Å². The van der Waals surface area contributed by atoms with Crippen LogP contribution in [0, 0.1) is 0 Å². The zero-order valence-electron chi connectivity index (χ0n) is 16.8. The van der Waals surface area contributed by atoms with Crippen molar-refractivity contribution in [2.45, 2.75) is 0 Å². The number of sulfonamides is 1. The molecule has 0 fully saturated rings. The van der Waals surface area contributed by atoms with Crippen LogP contribution in [0.3, 0.4) is 0 Å². The topological polar surface area (TPSA) is 97.3 Å². The average Bonchev–Trinajstić information content (AvgIpc) is 2.69. The second-order valence-corrected chi connectivity index (χ2v) is 8.98. The van der Waals surface area contributed by atoms with Crippen molar-refractivity contribution in [3.8, 4) is 11.5 Å². The van der Waals surface area contributed by atoms with Gasteiger partial charge in [-0.2, -0.15) is 5.10 Å². The summed E-state index contributed by atoms with van der Waals surface area (Å²) in [6.07, 6.45) is 3.97. The van der Waals surface area contributed by atoms with E-state index in [1.165, 1.54) is 31.5 Å². The van der Waals surface area contributed by atoms with E-state index in [-0.39, 0.29) is 15.7 Å². The Bertz CT molecular complexity index is 1070. The van der Waals surface area contributed by atoms with E-state index in [2.05, 4.69) is 17.1 Å². The van der Waals surface area contributed by atoms with Crippen LogP contribution in [-0.4, -0.2) is 47.1 Å². The first kappa shape index (κ1) is 24.5. The third kappa shape index (κ3) is 7.46. The van der Waals surface area contributed by atoms with Crippen LogP contribution < -0.4 is 19.2 Å². The molecule has 31 heavy (non-hydrogen) atoms. The molecule has 1 amide bonds. The molecule has 0 heterocycles. The number of halogens is 2. The summed E-state index contributed by atoms with van der Waals surface area (Å²) < 4.78 is 35.9. The Hall–Kier alpha value is -2.75. The number of anilines is 1. The summed E-state index contributed by atoms with van der Waals surface area (Å²) in [5.41, 5.74) is 3.09. The molecule has 0 aliphatic heterocycles. The van der Waals surface area contributed by atoms with Gasteiger partial charge in [0.15, 0.2) is 11.5 Å². The molecule has 0 radical (unpaired) electrons. The van der Waals surface area contributed by atoms with Crippen molar-refractivity contribution in [1.29, 1.82) is 0 Å². The van der Waals surface area contributed by atoms with Crippen LogP contribution in [0.4, 0.5) is 5.69 Å². The number of rotatable bonds is 10. The second-order valence-electron chi connectivity index (χ2n) is 6.20. The first-order valence-corrected chi connectivity index (χ1v) is 11.4. The van der Waals surface area contributed by atoms with Crippen molar-refractivity contribution in [2.75, 3.05) is 30.8 Å². The van der Waals surface area contributed by atoms with Crippen LogP contribution in [0.1, 0.15) is 5.56 Å². The van der Waals surface area contributed by atoms with Crippen LogP contribution in [0.15, 0.2) is 54.2 Å². The minimum atomic E-state index is -3.78. The van der Waals surface area contributed by atoms with Gasteiger partial charge in [0, 0.05) is 10.0 Å². The van der Waals surface area contributed by atoms with Crippen LogP contribution >= 0.6 is 23.2 Å². The van der Waals surface area contributed by atoms with Crippen LogP contribution in [0.2, 0.25) is 10.0 Å². The molecule has 0 unspecified atom stereocenters. The van der Waals surface area contributed by atoms with Crippen molar-refractivity contribution in [1.82, 2.24) is 5.43 Å². The Morgan fingerprint density at radius 2 is 1.87 bits per heavy atom. The molecular weight excluding hydrogens is 465 g/mol. The smallest absolute Gasteiger partial charge is 0.260 e. The molecule has 0 saturated carbocycles. The van der Waals surface area contributed by atoms with E-state index >= 15 is 0 Å². The molecule has 0 bridgehead atoms. The quantitative estimate of drug-likeness (QED) is 0.315. The SMILES string of the molecule is C=CCOc1ccc(/C=N\NC(=O)CN(c2cc(Cl)cc(Cl)c2)S(C)(=O)=O)cc1OC. The normalized spacial score (nSPS) is 11.2. The van der Waals surface area contributed by atoms with Gasteiger partial charge >= 0.3 is 0 Å². The molecule has 2 aromatic rings. The van der Waals surface area contributed by atoms with Gasteiger partial charge in [-0.05, 0) is 42.0 Å². The largest absolute Gasteiger partial charge is 0.493 e. The van der Waals surface area contributed by atoms with Gasteiger partial charge in [-0.15, -0.1) is 0 Å². The van der Waals surface area contributed by atoms with Gasteiger partial charge in [0.05, 0.1) is 25.3 Å². The molecule has 166 valence electrons. The molecular formula is C20H21Cl2N3O5S. The van der Waals surface area contributed by atoms with Gasteiger partial charge in [-0.25, -0.2) is 13.8 Å². The first-order chi connectivity index (χ1) is 14.6. The standard InChI is InChI=1S/C20H21Cl2N3O5S/c1-4-7-30-18-6-5-14(8-19(18)29-2)12-23-24-20(26)13-25(31(3,27)28)17-10-15(21)9-16(22)11-17/h4-6,8-12H,1,7,13H2,2-3H3,(H,24,26)/b23-12-. The summed E-state index contributed by atoms with van der Waals surface area (Å²) in [6.45, 7) is 3.41. The average molecular weight is 486 g/mol. The summed E-state index contributed by atoms with van der Waals surface area (Å²) in [6, 6.07) is 9.33. The molecule has 0 atom stereocenters. The summed E-state index contributed by atoms with van der Waals surface area (Å²) in [5, 5.41) is 4.34. The van der Waals surface area contributed by atoms with Gasteiger partial charge in [-0.3, -0.25) is 9.10 Å². The molecule has 0 aliphatic rings. The number of hydrogen-bond acceptors (Lipinski definition) is 6. The van der Waals surface area contributed by atoms with Gasteiger partial charge < -0.3 is 9.47 Å². The predicted molar refractivity (Wildman–Crippen MR) is 123 cm³/mol. The highest BCUT2D eigenvalue weighted by Crippen LogP contribution is 2.28. The van der Waals surface area contributed by atoms with Gasteiger partial charge in [0.1, 0.15) is 13.2 Å². The molecule has 2 rings (SSSR count). The number of ether oxygens (including phenoxy) is 2. The Kier molecular flexibility index (Phi) is 8.73. The van der Waals surface area contributed by atoms with Crippen LogP contribution in [0.5, 0.6) is 11.5 Å². The number of benzene rings is 2. The summed E-state index contributed by atoms with van der Waals surface area (Å²) in [7, 11) is -2.28. The van der Waals surface area contributed by atoms with E-state index in [1.54, 1.807) is 24.3 Å². The number of methoxy groups -OCH3 is 1. The van der Waals surface area contributed by atoms with E-state index in [1.807, 2.05) is 0 Å². The van der Waals surface area contributed by atoms with E-state index in [0.717, 1.165) is 10.6 Å². The molecule has 1 N–H and O–H groups in total. The first-order valence-electron chi connectivity index (χ1n) is 8.81. The van der Waals surface area contributed by atoms with Crippen molar-refractivity contribution in [2.24, 2.45) is 5.10 Å². The molecule has 0 aromatic heterocycles. The maximum Gasteiger partial charge on any atom is 0.260 e. The fourth-order valence-electron chi connectivity index (χ4n) is 2.46. The summed E-state index contributed by atoms with van der Waals surface area (Å²) in [5.74, 6) is 0.362. The van der Waals surface area contributed by atoms with Gasteiger partial charge in [0.25, 0.3) is 5.91 Å². The maximum atomic E-state index is 12.3.